The molecule has 0 aromatic heterocycles. The predicted octanol–water partition coefficient (Wildman–Crippen LogP) is 2.89. The van der Waals surface area contributed by atoms with Gasteiger partial charge in [-0.25, -0.2) is 0 Å². The van der Waals surface area contributed by atoms with Gasteiger partial charge in [-0.1, -0.05) is 0 Å². The van der Waals surface area contributed by atoms with E-state index in [2.05, 4.69) is 12.1 Å². The summed E-state index contributed by atoms with van der Waals surface area (Å²) in [6.07, 6.45) is 4.06. The molecule has 0 bridgehead atoms. The number of hydrogen-bond acceptors (Lipinski definition) is 3. The molecule has 3 atom stereocenters. The van der Waals surface area contributed by atoms with Crippen molar-refractivity contribution >= 4 is 0 Å². The lowest BCUT2D eigenvalue weighted by Gasteiger charge is -2.35. The van der Waals surface area contributed by atoms with Crippen LogP contribution in [0.3, 0.4) is 0 Å². The van der Waals surface area contributed by atoms with E-state index in [0.717, 1.165) is 37.2 Å². The first-order valence-electron chi connectivity index (χ1n) is 7.04. The van der Waals surface area contributed by atoms with Gasteiger partial charge < -0.3 is 14.6 Å². The molecule has 104 valence electrons. The number of aliphatic hydroxyl groups is 1. The largest absolute Gasteiger partial charge is 0.493 e. The van der Waals surface area contributed by atoms with Gasteiger partial charge in [0.1, 0.15) is 0 Å². The normalized spacial score (nSPS) is 32.6. The minimum Gasteiger partial charge on any atom is -0.493 e. The quantitative estimate of drug-likeness (QED) is 0.890. The van der Waals surface area contributed by atoms with Gasteiger partial charge in [-0.2, -0.15) is 0 Å². The predicted molar refractivity (Wildman–Crippen MR) is 74.0 cm³/mol. The number of rotatable bonds is 2. The molecule has 0 amide bonds. The summed E-state index contributed by atoms with van der Waals surface area (Å²) in [5.74, 6) is 2.47. The van der Waals surface area contributed by atoms with Gasteiger partial charge in [0.15, 0.2) is 11.5 Å². The molecule has 0 radical (unpaired) electrons. The van der Waals surface area contributed by atoms with Gasteiger partial charge in [0, 0.05) is 0 Å². The van der Waals surface area contributed by atoms with Crippen LogP contribution in [0.2, 0.25) is 0 Å². The van der Waals surface area contributed by atoms with Crippen LogP contribution in [0.1, 0.15) is 43.2 Å². The Morgan fingerprint density at radius 3 is 2.53 bits per heavy atom. The molecule has 1 aromatic rings. The van der Waals surface area contributed by atoms with Crippen molar-refractivity contribution in [3.05, 3.63) is 23.3 Å². The van der Waals surface area contributed by atoms with E-state index in [1.807, 2.05) is 6.92 Å². The summed E-state index contributed by atoms with van der Waals surface area (Å²) >= 11 is 0. The van der Waals surface area contributed by atoms with Crippen LogP contribution in [0.5, 0.6) is 11.5 Å². The second-order valence-corrected chi connectivity index (χ2v) is 6.05. The van der Waals surface area contributed by atoms with Gasteiger partial charge in [-0.15, -0.1) is 0 Å². The maximum atomic E-state index is 10.5. The zero-order chi connectivity index (χ0) is 13.6. The molecule has 19 heavy (non-hydrogen) atoms. The van der Waals surface area contributed by atoms with E-state index in [-0.39, 0.29) is 0 Å². The van der Waals surface area contributed by atoms with Crippen molar-refractivity contribution in [3.63, 3.8) is 0 Å². The van der Waals surface area contributed by atoms with Crippen LogP contribution >= 0.6 is 0 Å². The van der Waals surface area contributed by atoms with E-state index in [0.29, 0.717) is 11.8 Å². The summed E-state index contributed by atoms with van der Waals surface area (Å²) in [6, 6.07) is 4.23. The van der Waals surface area contributed by atoms with E-state index in [4.69, 9.17) is 9.47 Å². The van der Waals surface area contributed by atoms with Crippen molar-refractivity contribution in [1.29, 1.82) is 0 Å². The van der Waals surface area contributed by atoms with Gasteiger partial charge in [0.2, 0.25) is 0 Å². The van der Waals surface area contributed by atoms with Gasteiger partial charge >= 0.3 is 0 Å². The van der Waals surface area contributed by atoms with E-state index in [9.17, 15) is 5.11 Å². The van der Waals surface area contributed by atoms with Crippen LogP contribution < -0.4 is 9.47 Å². The number of fused-ring (bicyclic) bond motifs is 3. The smallest absolute Gasteiger partial charge is 0.161 e. The van der Waals surface area contributed by atoms with Crippen molar-refractivity contribution in [2.75, 3.05) is 14.2 Å². The number of hydrogen-bond donors (Lipinski definition) is 1. The second-order valence-electron chi connectivity index (χ2n) is 6.05. The van der Waals surface area contributed by atoms with Crippen LogP contribution in [0.4, 0.5) is 0 Å². The second kappa shape index (κ2) is 4.41. The third kappa shape index (κ3) is 1.91. The van der Waals surface area contributed by atoms with Gasteiger partial charge in [0.25, 0.3) is 0 Å². The standard InChI is InChI=1S/C16H22O3/c1-16(17)7-6-11-12-9-15(19-3)14(18-2)8-10(12)4-5-13(11)16/h8-9,11,13,17H,4-7H2,1-3H3/t11-,13+,16+/m1/s1. The molecule has 2 aliphatic carbocycles. The number of ether oxygens (including phenoxy) is 2. The van der Waals surface area contributed by atoms with Crippen LogP contribution in [0, 0.1) is 5.92 Å². The topological polar surface area (TPSA) is 38.7 Å². The van der Waals surface area contributed by atoms with E-state index >= 15 is 0 Å². The van der Waals surface area contributed by atoms with Crippen LogP contribution in [0.25, 0.3) is 0 Å². The Labute approximate surface area is 114 Å². The minimum absolute atomic E-state index is 0.387. The lowest BCUT2D eigenvalue weighted by molar-refractivity contribution is 0.0121. The molecule has 2 aliphatic rings. The van der Waals surface area contributed by atoms with Crippen LogP contribution in [-0.4, -0.2) is 24.9 Å². The molecule has 0 aliphatic heterocycles. The fourth-order valence-electron chi connectivity index (χ4n) is 3.96. The maximum Gasteiger partial charge on any atom is 0.161 e. The third-order valence-electron chi connectivity index (χ3n) is 5.02. The van der Waals surface area contributed by atoms with Crippen molar-refractivity contribution in [1.82, 2.24) is 0 Å². The molecule has 0 unspecified atom stereocenters. The van der Waals surface area contributed by atoms with Gasteiger partial charge in [-0.05, 0) is 67.7 Å². The molecule has 3 heteroatoms. The van der Waals surface area contributed by atoms with Crippen molar-refractivity contribution < 1.29 is 14.6 Å². The number of methoxy groups -OCH3 is 2. The molecule has 1 fully saturated rings. The maximum absolute atomic E-state index is 10.5. The monoisotopic (exact) mass is 262 g/mol. The lowest BCUT2D eigenvalue weighted by Crippen LogP contribution is -2.33. The average molecular weight is 262 g/mol. The Morgan fingerprint density at radius 2 is 1.84 bits per heavy atom. The molecular formula is C16H22O3. The Bertz CT molecular complexity index is 493. The molecule has 0 heterocycles. The zero-order valence-corrected chi connectivity index (χ0v) is 11.9. The van der Waals surface area contributed by atoms with E-state index in [1.54, 1.807) is 14.2 Å². The molecule has 1 aromatic carbocycles. The first-order valence-corrected chi connectivity index (χ1v) is 7.04. The first kappa shape index (κ1) is 12.8. The summed E-state index contributed by atoms with van der Waals surface area (Å²) in [5.41, 5.74) is 2.21. The van der Waals surface area contributed by atoms with Crippen LogP contribution in [0.15, 0.2) is 12.1 Å². The van der Waals surface area contributed by atoms with Crippen molar-refractivity contribution in [3.8, 4) is 11.5 Å². The van der Waals surface area contributed by atoms with Crippen LogP contribution in [-0.2, 0) is 6.42 Å². The lowest BCUT2D eigenvalue weighted by atomic mass is 9.73. The average Bonchev–Trinajstić information content (AvgIpc) is 2.73. The highest BCUT2D eigenvalue weighted by molar-refractivity contribution is 5.50. The summed E-state index contributed by atoms with van der Waals surface area (Å²) in [6.45, 7) is 1.99. The summed E-state index contributed by atoms with van der Waals surface area (Å²) < 4.78 is 10.8. The first-order chi connectivity index (χ1) is 9.06. The van der Waals surface area contributed by atoms with Crippen molar-refractivity contribution in [2.24, 2.45) is 5.92 Å². The van der Waals surface area contributed by atoms with E-state index < -0.39 is 5.60 Å². The van der Waals surface area contributed by atoms with Gasteiger partial charge in [-0.3, -0.25) is 0 Å². The molecule has 3 rings (SSSR count). The fourth-order valence-corrected chi connectivity index (χ4v) is 3.96. The number of aryl methyl sites for hydroxylation is 1. The molecule has 1 N–H and O–H groups in total. The molecule has 0 spiro atoms. The SMILES string of the molecule is COc1cc2c(cc1OC)[C@H]1CC[C@](C)(O)[C@H]1CC2. The fraction of sp³-hybridized carbons (Fsp3) is 0.625. The summed E-state index contributed by atoms with van der Waals surface area (Å²) in [5, 5.41) is 10.5. The minimum atomic E-state index is -0.504. The highest BCUT2D eigenvalue weighted by Gasteiger charge is 2.46. The highest BCUT2D eigenvalue weighted by Crippen LogP contribution is 2.53. The van der Waals surface area contributed by atoms with Crippen molar-refractivity contribution in [2.45, 2.75) is 44.1 Å². The summed E-state index contributed by atoms with van der Waals surface area (Å²) in [7, 11) is 3.35. The molecule has 3 nitrogen and oxygen atoms in total. The summed E-state index contributed by atoms with van der Waals surface area (Å²) in [4.78, 5) is 0. The zero-order valence-electron chi connectivity index (χ0n) is 11.9. The molecule has 0 saturated heterocycles. The number of benzene rings is 1. The molecule has 1 saturated carbocycles. The Hall–Kier alpha value is -1.22. The molecular weight excluding hydrogens is 240 g/mol. The highest BCUT2D eigenvalue weighted by atomic mass is 16.5. The Morgan fingerprint density at radius 1 is 1.16 bits per heavy atom. The third-order valence-corrected chi connectivity index (χ3v) is 5.02. The van der Waals surface area contributed by atoms with Gasteiger partial charge in [0.05, 0.1) is 19.8 Å². The Kier molecular flexibility index (Phi) is 2.97. The van der Waals surface area contributed by atoms with E-state index in [1.165, 1.54) is 11.1 Å². The Balaban J connectivity index is 2.04.